The van der Waals surface area contributed by atoms with Crippen LogP contribution in [0.5, 0.6) is 0 Å². The lowest BCUT2D eigenvalue weighted by atomic mass is 10.2. The largest absolute Gasteiger partial charge is 0.390 e. The maximum atomic E-state index is 12.2. The summed E-state index contributed by atoms with van der Waals surface area (Å²) in [6.07, 6.45) is -2.59. The van der Waals surface area contributed by atoms with Gasteiger partial charge in [0.05, 0.1) is 12.3 Å². The Morgan fingerprint density at radius 3 is 2.62 bits per heavy atom. The van der Waals surface area contributed by atoms with E-state index in [-0.39, 0.29) is 18.0 Å². The molecule has 0 aliphatic heterocycles. The average molecular weight is 252 g/mol. The lowest BCUT2D eigenvalue weighted by molar-refractivity contribution is 0.145. The Balaban J connectivity index is 3.07. The summed E-state index contributed by atoms with van der Waals surface area (Å²) >= 11 is 3.15. The number of alkyl halides is 3. The number of pyridine rings is 1. The molecule has 0 saturated carbocycles. The second-order valence-electron chi connectivity index (χ2n) is 2.48. The molecule has 5 heteroatoms. The van der Waals surface area contributed by atoms with Crippen molar-refractivity contribution in [1.82, 2.24) is 4.98 Å². The van der Waals surface area contributed by atoms with Gasteiger partial charge < -0.3 is 5.11 Å². The van der Waals surface area contributed by atoms with Crippen LogP contribution in [0.3, 0.4) is 0 Å². The van der Waals surface area contributed by atoms with Crippen molar-refractivity contribution >= 4 is 15.9 Å². The minimum atomic E-state index is -2.59. The SMILES string of the molecule is OCc1cc(CBr)cc(C(F)F)n1. The van der Waals surface area contributed by atoms with Crippen LogP contribution >= 0.6 is 15.9 Å². The molecule has 1 heterocycles. The Morgan fingerprint density at radius 2 is 2.15 bits per heavy atom. The van der Waals surface area contributed by atoms with E-state index in [1.54, 1.807) is 6.07 Å². The van der Waals surface area contributed by atoms with E-state index >= 15 is 0 Å². The van der Waals surface area contributed by atoms with Gasteiger partial charge in [-0.2, -0.15) is 0 Å². The van der Waals surface area contributed by atoms with Gasteiger partial charge in [-0.05, 0) is 17.7 Å². The summed E-state index contributed by atoms with van der Waals surface area (Å²) < 4.78 is 24.5. The molecule has 0 radical (unpaired) electrons. The van der Waals surface area contributed by atoms with E-state index in [1.807, 2.05) is 0 Å². The summed E-state index contributed by atoms with van der Waals surface area (Å²) in [6, 6.07) is 2.90. The molecule has 0 aliphatic carbocycles. The summed E-state index contributed by atoms with van der Waals surface area (Å²) in [5.41, 5.74) is 0.669. The van der Waals surface area contributed by atoms with Gasteiger partial charge in [-0.25, -0.2) is 13.8 Å². The molecule has 0 spiro atoms. The van der Waals surface area contributed by atoms with E-state index in [2.05, 4.69) is 20.9 Å². The summed E-state index contributed by atoms with van der Waals surface area (Å²) in [7, 11) is 0. The van der Waals surface area contributed by atoms with E-state index in [0.29, 0.717) is 10.9 Å². The number of nitrogens with zero attached hydrogens (tertiary/aromatic N) is 1. The van der Waals surface area contributed by atoms with Gasteiger partial charge in [0.25, 0.3) is 6.43 Å². The monoisotopic (exact) mass is 251 g/mol. The Bertz CT molecular complexity index is 271. The van der Waals surface area contributed by atoms with Crippen molar-refractivity contribution in [3.8, 4) is 0 Å². The molecule has 1 aromatic rings. The molecule has 0 amide bonds. The molecular formula is C8H8BrF2NO. The molecule has 0 aromatic carbocycles. The molecule has 0 saturated heterocycles. The quantitative estimate of drug-likeness (QED) is 0.838. The fourth-order valence-electron chi connectivity index (χ4n) is 0.946. The maximum Gasteiger partial charge on any atom is 0.280 e. The molecule has 0 atom stereocenters. The highest BCUT2D eigenvalue weighted by molar-refractivity contribution is 9.08. The van der Waals surface area contributed by atoms with Crippen molar-refractivity contribution in [3.63, 3.8) is 0 Å². The first-order valence-corrected chi connectivity index (χ1v) is 4.74. The van der Waals surface area contributed by atoms with Gasteiger partial charge in [0.15, 0.2) is 0 Å². The van der Waals surface area contributed by atoms with Crippen LogP contribution in [0.4, 0.5) is 8.78 Å². The van der Waals surface area contributed by atoms with E-state index in [9.17, 15) is 8.78 Å². The molecule has 1 N–H and O–H groups in total. The number of aliphatic hydroxyl groups excluding tert-OH is 1. The molecule has 1 rings (SSSR count). The highest BCUT2D eigenvalue weighted by Crippen LogP contribution is 2.19. The third-order valence-corrected chi connectivity index (χ3v) is 2.15. The molecule has 0 unspecified atom stereocenters. The topological polar surface area (TPSA) is 33.1 Å². The Hall–Kier alpha value is -0.550. The number of hydrogen-bond acceptors (Lipinski definition) is 2. The van der Waals surface area contributed by atoms with Crippen LogP contribution in [0.1, 0.15) is 23.4 Å². The zero-order chi connectivity index (χ0) is 9.84. The predicted molar refractivity (Wildman–Crippen MR) is 47.7 cm³/mol. The van der Waals surface area contributed by atoms with Gasteiger partial charge in [0.1, 0.15) is 5.69 Å². The van der Waals surface area contributed by atoms with Crippen LogP contribution in [0.2, 0.25) is 0 Å². The zero-order valence-electron chi connectivity index (χ0n) is 6.67. The average Bonchev–Trinajstić information content (AvgIpc) is 2.16. The summed E-state index contributed by atoms with van der Waals surface area (Å²) in [5, 5.41) is 9.22. The minimum absolute atomic E-state index is 0.271. The predicted octanol–water partition coefficient (Wildman–Crippen LogP) is 2.41. The molecule has 0 fully saturated rings. The number of hydrogen-bond donors (Lipinski definition) is 1. The lowest BCUT2D eigenvalue weighted by Crippen LogP contribution is -1.98. The number of rotatable bonds is 3. The third kappa shape index (κ3) is 2.70. The lowest BCUT2D eigenvalue weighted by Gasteiger charge is -2.04. The van der Waals surface area contributed by atoms with Crippen LogP contribution in [0.25, 0.3) is 0 Å². The van der Waals surface area contributed by atoms with Crippen molar-refractivity contribution < 1.29 is 13.9 Å². The Labute approximate surface area is 82.7 Å². The molecule has 1 aromatic heterocycles. The van der Waals surface area contributed by atoms with Gasteiger partial charge in [0.2, 0.25) is 0 Å². The van der Waals surface area contributed by atoms with Crippen LogP contribution in [0, 0.1) is 0 Å². The van der Waals surface area contributed by atoms with Crippen molar-refractivity contribution in [3.05, 3.63) is 29.1 Å². The summed E-state index contributed by atoms with van der Waals surface area (Å²) in [4.78, 5) is 3.58. The van der Waals surface area contributed by atoms with E-state index < -0.39 is 6.43 Å². The number of aromatic nitrogens is 1. The van der Waals surface area contributed by atoms with E-state index in [0.717, 1.165) is 0 Å². The second kappa shape index (κ2) is 4.62. The molecule has 13 heavy (non-hydrogen) atoms. The van der Waals surface area contributed by atoms with Crippen molar-refractivity contribution in [2.75, 3.05) is 0 Å². The van der Waals surface area contributed by atoms with Gasteiger partial charge >= 0.3 is 0 Å². The van der Waals surface area contributed by atoms with Gasteiger partial charge in [-0.3, -0.25) is 0 Å². The van der Waals surface area contributed by atoms with Crippen LogP contribution in [-0.4, -0.2) is 10.1 Å². The Morgan fingerprint density at radius 1 is 1.46 bits per heavy atom. The van der Waals surface area contributed by atoms with Crippen LogP contribution in [0.15, 0.2) is 12.1 Å². The third-order valence-electron chi connectivity index (χ3n) is 1.50. The molecule has 72 valence electrons. The molecule has 0 aliphatic rings. The van der Waals surface area contributed by atoms with E-state index in [4.69, 9.17) is 5.11 Å². The molecule has 2 nitrogen and oxygen atoms in total. The minimum Gasteiger partial charge on any atom is -0.390 e. The molecular weight excluding hydrogens is 244 g/mol. The van der Waals surface area contributed by atoms with Crippen molar-refractivity contribution in [2.45, 2.75) is 18.4 Å². The number of aliphatic hydroxyl groups is 1. The Kier molecular flexibility index (Phi) is 3.74. The first kappa shape index (κ1) is 10.5. The standard InChI is InChI=1S/C8H8BrF2NO/c9-3-5-1-6(4-13)12-7(2-5)8(10)11/h1-2,8,13H,3-4H2. The zero-order valence-corrected chi connectivity index (χ0v) is 8.26. The smallest absolute Gasteiger partial charge is 0.280 e. The second-order valence-corrected chi connectivity index (χ2v) is 3.04. The summed E-state index contributed by atoms with van der Waals surface area (Å²) in [5.74, 6) is 0. The highest BCUT2D eigenvalue weighted by Gasteiger charge is 2.10. The maximum absolute atomic E-state index is 12.2. The van der Waals surface area contributed by atoms with Gasteiger partial charge in [-0.1, -0.05) is 15.9 Å². The molecule has 0 bridgehead atoms. The normalized spacial score (nSPS) is 10.8. The highest BCUT2D eigenvalue weighted by atomic mass is 79.9. The van der Waals surface area contributed by atoms with Crippen LogP contribution in [-0.2, 0) is 11.9 Å². The summed E-state index contributed by atoms with van der Waals surface area (Å²) in [6.45, 7) is -0.319. The first-order valence-electron chi connectivity index (χ1n) is 3.62. The van der Waals surface area contributed by atoms with Crippen molar-refractivity contribution in [1.29, 1.82) is 0 Å². The first-order chi connectivity index (χ1) is 6.17. The van der Waals surface area contributed by atoms with Gasteiger partial charge in [0, 0.05) is 5.33 Å². The fourth-order valence-corrected chi connectivity index (χ4v) is 1.27. The van der Waals surface area contributed by atoms with Crippen molar-refractivity contribution in [2.24, 2.45) is 0 Å². The van der Waals surface area contributed by atoms with E-state index in [1.165, 1.54) is 6.07 Å². The van der Waals surface area contributed by atoms with Crippen LogP contribution < -0.4 is 0 Å². The van der Waals surface area contributed by atoms with Gasteiger partial charge in [-0.15, -0.1) is 0 Å². The fraction of sp³-hybridized carbons (Fsp3) is 0.375. The number of halogens is 3.